The van der Waals surface area contributed by atoms with Gasteiger partial charge in [-0.1, -0.05) is 55.9 Å². The maximum absolute atomic E-state index is 13.7. The van der Waals surface area contributed by atoms with E-state index in [0.717, 1.165) is 54.3 Å². The molecule has 2 unspecified atom stereocenters. The van der Waals surface area contributed by atoms with E-state index in [4.69, 9.17) is 43.9 Å². The molecule has 4 bridgehead atoms. The molecule has 6 aliphatic rings. The van der Waals surface area contributed by atoms with Crippen LogP contribution in [0.1, 0.15) is 142 Å². The summed E-state index contributed by atoms with van der Waals surface area (Å²) in [5, 5.41) is 58.8. The number of aliphatic imine (C=N–C) groups is 1. The lowest BCUT2D eigenvalue weighted by molar-refractivity contribution is -0.271. The molecule has 7 atom stereocenters. The number of nitrogens with two attached hydrogens (primary N) is 1. The van der Waals surface area contributed by atoms with Gasteiger partial charge < -0.3 is 69.7 Å². The molecule has 3 aromatic carbocycles. The summed E-state index contributed by atoms with van der Waals surface area (Å²) in [5.74, 6) is -4.37. The highest BCUT2D eigenvalue weighted by atomic mass is 32.1. The SMILES string of the molecule is CC(=NCC12CC3(C)CC(C)(C1)CC(OCCCC(=O)OCc1cc(CCCOCCOCCOCCNC(=O)CCCCCN4C(=O)C=CC4=O)ccc1O[C@@H]1O[C@H](C(=O)O)[C@H](O)[C@H](O)[C@@H]1O)(C3)C2)C(=CN)c1ccc(-c2cnc3cccc(C(=O)Nc4nc5ccccc5s4)c3c2)nc1C(=O)O. The van der Waals surface area contributed by atoms with Crippen LogP contribution >= 0.6 is 11.3 Å². The van der Waals surface area contributed by atoms with Crippen LogP contribution in [-0.2, 0) is 65.4 Å². The third-order valence-electron chi connectivity index (χ3n) is 19.8. The lowest BCUT2D eigenvalue weighted by Gasteiger charge is -2.69. The number of hydrogen-bond acceptors (Lipinski definition) is 23. The van der Waals surface area contributed by atoms with Gasteiger partial charge in [0.05, 0.1) is 60.1 Å². The van der Waals surface area contributed by atoms with Gasteiger partial charge in [-0.25, -0.2) is 19.6 Å². The van der Waals surface area contributed by atoms with Gasteiger partial charge in [-0.2, -0.15) is 0 Å². The minimum Gasteiger partial charge on any atom is -0.479 e. The van der Waals surface area contributed by atoms with Crippen LogP contribution in [0.25, 0.3) is 38.0 Å². The van der Waals surface area contributed by atoms with Gasteiger partial charge in [0.15, 0.2) is 16.9 Å². The van der Waals surface area contributed by atoms with Crippen molar-refractivity contribution in [1.82, 2.24) is 25.2 Å². The molecule has 2 aliphatic heterocycles. The summed E-state index contributed by atoms with van der Waals surface area (Å²) in [6, 6.07) is 23.1. The number of aliphatic hydroxyl groups excluding tert-OH is 3. The van der Waals surface area contributed by atoms with Gasteiger partial charge in [0.1, 0.15) is 30.7 Å². The Hall–Kier alpha value is -8.97. The molecule has 12 rings (SSSR count). The predicted octanol–water partition coefficient (Wildman–Crippen LogP) is 8.13. The van der Waals surface area contributed by atoms with Crippen LogP contribution in [0.3, 0.4) is 0 Å². The topological polar surface area (TPSA) is 390 Å². The van der Waals surface area contributed by atoms with Gasteiger partial charge in [0, 0.05) is 109 Å². The molecule has 5 heterocycles. The zero-order valence-corrected chi connectivity index (χ0v) is 59.4. The molecule has 3 aromatic heterocycles. The number of carbonyl (C=O) groups excluding carboxylic acids is 5. The number of esters is 1. The van der Waals surface area contributed by atoms with Gasteiger partial charge in [-0.05, 0) is 154 Å². The molecular formula is C76H90N8O19S. The number of nitrogens with one attached hydrogen (secondary N) is 2. The van der Waals surface area contributed by atoms with E-state index in [-0.39, 0.29) is 76.5 Å². The zero-order valence-electron chi connectivity index (χ0n) is 58.6. The molecule has 554 valence electrons. The van der Waals surface area contributed by atoms with Crippen molar-refractivity contribution >= 4 is 90.4 Å². The zero-order chi connectivity index (χ0) is 73.8. The fourth-order valence-electron chi connectivity index (χ4n) is 16.2. The van der Waals surface area contributed by atoms with Crippen molar-refractivity contribution in [3.05, 3.63) is 131 Å². The molecule has 28 heteroatoms. The number of aryl methyl sites for hydroxylation is 1. The summed E-state index contributed by atoms with van der Waals surface area (Å²) in [4.78, 5) is 108. The number of allylic oxidation sites excluding steroid dienone is 1. The number of ether oxygens (including phenoxy) is 7. The molecular weight excluding hydrogens is 1360 g/mol. The number of unbranched alkanes of at least 4 members (excludes halogenated alkanes) is 2. The van der Waals surface area contributed by atoms with E-state index in [2.05, 4.69) is 39.4 Å². The third kappa shape index (κ3) is 18.7. The number of aromatic nitrogens is 3. The second kappa shape index (κ2) is 33.9. The number of aliphatic carboxylic acids is 1. The molecule has 4 saturated carbocycles. The van der Waals surface area contributed by atoms with E-state index >= 15 is 0 Å². The number of rotatable bonds is 37. The van der Waals surface area contributed by atoms with Gasteiger partial charge >= 0.3 is 17.9 Å². The van der Waals surface area contributed by atoms with E-state index in [9.17, 15) is 59.1 Å². The van der Waals surface area contributed by atoms with Gasteiger partial charge in [-0.15, -0.1) is 0 Å². The average Bonchev–Trinajstić information content (AvgIpc) is 0.805. The number of aromatic carboxylic acids is 1. The van der Waals surface area contributed by atoms with Crippen LogP contribution in [-0.4, -0.2) is 195 Å². The van der Waals surface area contributed by atoms with Crippen LogP contribution in [0.15, 0.2) is 108 Å². The number of carbonyl (C=O) groups is 7. The summed E-state index contributed by atoms with van der Waals surface area (Å²) in [5.41, 5.74) is 10.2. The lowest BCUT2D eigenvalue weighted by atomic mass is 9.39. The molecule has 9 N–H and O–H groups in total. The molecule has 4 amide bonds. The highest BCUT2D eigenvalue weighted by Crippen LogP contribution is 2.71. The maximum Gasteiger partial charge on any atom is 0.355 e. The summed E-state index contributed by atoms with van der Waals surface area (Å²) < 4.78 is 42.1. The Morgan fingerprint density at radius 2 is 1.48 bits per heavy atom. The molecule has 1 saturated heterocycles. The Morgan fingerprint density at radius 3 is 2.21 bits per heavy atom. The van der Waals surface area contributed by atoms with Crippen LogP contribution in [0.5, 0.6) is 5.75 Å². The molecule has 6 aromatic rings. The fourth-order valence-corrected chi connectivity index (χ4v) is 17.0. The first-order valence-corrected chi connectivity index (χ1v) is 36.0. The van der Waals surface area contributed by atoms with Crippen molar-refractivity contribution in [3.63, 3.8) is 0 Å². The van der Waals surface area contributed by atoms with E-state index < -0.39 is 54.2 Å². The lowest BCUT2D eigenvalue weighted by Crippen LogP contribution is -2.64. The quantitative estimate of drug-likeness (QED) is 0.00789. The number of thiazole rings is 1. The van der Waals surface area contributed by atoms with Crippen LogP contribution in [0.2, 0.25) is 0 Å². The van der Waals surface area contributed by atoms with E-state index in [1.807, 2.05) is 31.2 Å². The number of amides is 4. The van der Waals surface area contributed by atoms with Crippen LogP contribution < -0.4 is 21.1 Å². The number of benzene rings is 3. The average molecular weight is 1450 g/mol. The Kier molecular flexibility index (Phi) is 24.8. The largest absolute Gasteiger partial charge is 0.479 e. The van der Waals surface area contributed by atoms with E-state index in [1.165, 1.54) is 34.6 Å². The Balaban J connectivity index is 0.649. The van der Waals surface area contributed by atoms with Crippen molar-refractivity contribution in [2.24, 2.45) is 27.0 Å². The highest BCUT2D eigenvalue weighted by Gasteiger charge is 2.66. The van der Waals surface area contributed by atoms with Gasteiger partial charge in [0.25, 0.3) is 17.7 Å². The number of imide groups is 1. The first kappa shape index (κ1) is 76.2. The number of carboxylic acid groups (broad SMARTS) is 2. The summed E-state index contributed by atoms with van der Waals surface area (Å²) in [7, 11) is 0. The monoisotopic (exact) mass is 1450 g/mol. The molecule has 4 aliphatic carbocycles. The number of carboxylic acids is 2. The Labute approximate surface area is 605 Å². The first-order chi connectivity index (χ1) is 49.9. The number of pyridine rings is 2. The van der Waals surface area contributed by atoms with Crippen molar-refractivity contribution in [2.75, 3.05) is 71.2 Å². The van der Waals surface area contributed by atoms with E-state index in [0.29, 0.717) is 154 Å². The van der Waals surface area contributed by atoms with Crippen molar-refractivity contribution in [3.8, 4) is 17.0 Å². The number of para-hydroxylation sites is 1. The molecule has 0 radical (unpaired) electrons. The van der Waals surface area contributed by atoms with Crippen LogP contribution in [0, 0.1) is 16.2 Å². The molecule has 5 fully saturated rings. The second-order valence-electron chi connectivity index (χ2n) is 28.5. The minimum absolute atomic E-state index is 0.0177. The van der Waals surface area contributed by atoms with Crippen molar-refractivity contribution in [2.45, 2.75) is 154 Å². The summed E-state index contributed by atoms with van der Waals surface area (Å²) >= 11 is 1.37. The number of hydrogen-bond donors (Lipinski definition) is 8. The highest BCUT2D eigenvalue weighted by molar-refractivity contribution is 7.22. The first-order valence-electron chi connectivity index (χ1n) is 35.2. The standard InChI is InChI=1S/C76H90N8O19S/c1-46(53(36-77)50-20-21-54(81-63(50)69(93)94)48-35-52-51(13-9-15-55(52)79-37-48)68(92)83-72-82-56-14-6-7-16-58(56)104-72)80-45-75-40-73(2)39-74(3,41-75)43-76(42-73,44-75)101-28-11-18-62(88)100-38-49-34-47(19-22-57(49)102-71-66(91)64(89)65(90)67(103-71)70(95)96)12-10-27-97-30-32-99-33-31-98-29-25-78-59(85)17-5-4-8-26-84-60(86)23-24-61(84)87/h6-7,9,13-16,19-24,34-37,64-67,71,89-91H,4-5,8,10-12,17-18,25-33,38-45,77H2,1-3H3,(H,78,85)(H,93,94)(H,95,96)(H,82,83,92)/t64-,65+,66-,67-,71+,73?,74?,75?,76?/m0/s1. The number of nitrogens with zero attached hydrogens (tertiary/aromatic N) is 5. The third-order valence-corrected chi connectivity index (χ3v) is 20.7. The van der Waals surface area contributed by atoms with Crippen molar-refractivity contribution in [1.29, 1.82) is 0 Å². The van der Waals surface area contributed by atoms with Gasteiger partial charge in [-0.3, -0.25) is 44.2 Å². The molecule has 27 nitrogen and oxygen atoms in total. The van der Waals surface area contributed by atoms with E-state index in [1.54, 1.807) is 60.8 Å². The van der Waals surface area contributed by atoms with Crippen molar-refractivity contribution < 1.29 is 92.3 Å². The smallest absolute Gasteiger partial charge is 0.355 e. The number of aliphatic hydroxyl groups is 3. The number of anilines is 1. The second-order valence-corrected chi connectivity index (χ2v) is 29.5. The van der Waals surface area contributed by atoms with Crippen LogP contribution in [0.4, 0.5) is 5.13 Å². The molecule has 104 heavy (non-hydrogen) atoms. The Morgan fingerprint density at radius 1 is 0.750 bits per heavy atom. The summed E-state index contributed by atoms with van der Waals surface area (Å²) in [6.45, 7) is 9.61. The minimum atomic E-state index is -1.93. The summed E-state index contributed by atoms with van der Waals surface area (Å²) in [6.07, 6.45) is 5.29. The maximum atomic E-state index is 13.7. The normalized spacial score (nSPS) is 24.4. The number of fused-ring (bicyclic) bond motifs is 2. The van der Waals surface area contributed by atoms with Gasteiger partial charge in [0.2, 0.25) is 12.2 Å². The fraction of sp³-hybridized carbons (Fsp3) is 0.487. The molecule has 0 spiro atoms. The Bertz CT molecular complexity index is 4190. The predicted molar refractivity (Wildman–Crippen MR) is 383 cm³/mol.